The fourth-order valence-corrected chi connectivity index (χ4v) is 3.01. The fraction of sp³-hybridized carbons (Fsp3) is 0.0909. The molecule has 0 aliphatic rings. The van der Waals surface area contributed by atoms with Gasteiger partial charge in [-0.1, -0.05) is 34.1 Å². The van der Waals surface area contributed by atoms with Gasteiger partial charge in [-0.3, -0.25) is 9.59 Å². The maximum Gasteiger partial charge on any atom is 0.262 e. The van der Waals surface area contributed by atoms with Crippen LogP contribution in [-0.2, 0) is 4.79 Å². The molecule has 3 rings (SSSR count). The van der Waals surface area contributed by atoms with Gasteiger partial charge in [0.15, 0.2) is 6.61 Å². The molecule has 0 fully saturated rings. The van der Waals surface area contributed by atoms with Gasteiger partial charge in [-0.05, 0) is 67.1 Å². The van der Waals surface area contributed by atoms with Crippen molar-refractivity contribution in [1.82, 2.24) is 0 Å². The van der Waals surface area contributed by atoms with Crippen molar-refractivity contribution in [3.05, 3.63) is 88.4 Å². The molecule has 3 aromatic rings. The standard InChI is InChI=1S/C22H19BrN2O3/c1-15-13-17(23)7-12-20(15)25-21(26)14-28-19-10-8-18(9-11-19)24-22(27)16-5-3-2-4-6-16/h2-13H,14H2,1H3,(H,24,27)(H,25,26). The van der Waals surface area contributed by atoms with Gasteiger partial charge in [0.1, 0.15) is 5.75 Å². The molecule has 142 valence electrons. The summed E-state index contributed by atoms with van der Waals surface area (Å²) in [6.07, 6.45) is 0. The van der Waals surface area contributed by atoms with Gasteiger partial charge < -0.3 is 15.4 Å². The molecule has 0 spiro atoms. The lowest BCUT2D eigenvalue weighted by Gasteiger charge is -2.10. The molecule has 3 aromatic carbocycles. The van der Waals surface area contributed by atoms with Crippen LogP contribution in [0, 0.1) is 6.92 Å². The van der Waals surface area contributed by atoms with E-state index in [-0.39, 0.29) is 18.4 Å². The summed E-state index contributed by atoms with van der Waals surface area (Å²) in [5.74, 6) is 0.116. The highest BCUT2D eigenvalue weighted by molar-refractivity contribution is 9.10. The van der Waals surface area contributed by atoms with Gasteiger partial charge >= 0.3 is 0 Å². The van der Waals surface area contributed by atoms with Gasteiger partial charge in [-0.15, -0.1) is 0 Å². The van der Waals surface area contributed by atoms with E-state index in [2.05, 4.69) is 26.6 Å². The largest absolute Gasteiger partial charge is 0.484 e. The molecule has 0 bridgehead atoms. The molecule has 2 amide bonds. The first-order valence-corrected chi connectivity index (χ1v) is 9.46. The van der Waals surface area contributed by atoms with E-state index >= 15 is 0 Å². The second kappa shape index (κ2) is 9.19. The summed E-state index contributed by atoms with van der Waals surface area (Å²) < 4.78 is 6.47. The summed E-state index contributed by atoms with van der Waals surface area (Å²) in [7, 11) is 0. The van der Waals surface area contributed by atoms with Crippen LogP contribution in [0.25, 0.3) is 0 Å². The number of hydrogen-bond acceptors (Lipinski definition) is 3. The average Bonchev–Trinajstić information content (AvgIpc) is 2.70. The smallest absolute Gasteiger partial charge is 0.262 e. The third-order valence-corrected chi connectivity index (χ3v) is 4.47. The molecule has 2 N–H and O–H groups in total. The maximum atomic E-state index is 12.1. The lowest BCUT2D eigenvalue weighted by atomic mass is 10.2. The number of hydrogen-bond donors (Lipinski definition) is 2. The minimum absolute atomic E-state index is 0.106. The van der Waals surface area contributed by atoms with E-state index in [1.807, 2.05) is 43.3 Å². The summed E-state index contributed by atoms with van der Waals surface area (Å²) >= 11 is 3.39. The van der Waals surface area contributed by atoms with Crippen LogP contribution in [0.4, 0.5) is 11.4 Å². The molecule has 5 nitrogen and oxygen atoms in total. The third kappa shape index (κ3) is 5.44. The number of anilines is 2. The quantitative estimate of drug-likeness (QED) is 0.567. The first-order valence-electron chi connectivity index (χ1n) is 8.66. The van der Waals surface area contributed by atoms with Gasteiger partial charge in [-0.25, -0.2) is 0 Å². The molecule has 0 heterocycles. The van der Waals surface area contributed by atoms with E-state index in [1.165, 1.54) is 0 Å². The summed E-state index contributed by atoms with van der Waals surface area (Å²) in [6.45, 7) is 1.81. The van der Waals surface area contributed by atoms with Crippen molar-refractivity contribution < 1.29 is 14.3 Å². The number of carbonyl (C=O) groups excluding carboxylic acids is 2. The number of aryl methyl sites for hydroxylation is 1. The average molecular weight is 439 g/mol. The highest BCUT2D eigenvalue weighted by atomic mass is 79.9. The van der Waals surface area contributed by atoms with Gasteiger partial charge in [0, 0.05) is 21.4 Å². The van der Waals surface area contributed by atoms with Gasteiger partial charge in [0.05, 0.1) is 0 Å². The van der Waals surface area contributed by atoms with Crippen LogP contribution >= 0.6 is 15.9 Å². The zero-order chi connectivity index (χ0) is 19.9. The lowest BCUT2D eigenvalue weighted by Crippen LogP contribution is -2.20. The monoisotopic (exact) mass is 438 g/mol. The van der Waals surface area contributed by atoms with Gasteiger partial charge in [-0.2, -0.15) is 0 Å². The van der Waals surface area contributed by atoms with Crippen molar-refractivity contribution in [2.45, 2.75) is 6.92 Å². The zero-order valence-electron chi connectivity index (χ0n) is 15.2. The summed E-state index contributed by atoms with van der Waals surface area (Å²) in [6, 6.07) is 21.5. The van der Waals surface area contributed by atoms with Crippen LogP contribution in [0.1, 0.15) is 15.9 Å². The molecule has 0 aromatic heterocycles. The van der Waals surface area contributed by atoms with E-state index in [0.29, 0.717) is 17.0 Å². The minimum atomic E-state index is -0.244. The molecule has 0 radical (unpaired) electrons. The van der Waals surface area contributed by atoms with Crippen LogP contribution in [0.5, 0.6) is 5.75 Å². The first kappa shape index (κ1) is 19.6. The van der Waals surface area contributed by atoms with Gasteiger partial charge in [0.2, 0.25) is 0 Å². The van der Waals surface area contributed by atoms with E-state index in [0.717, 1.165) is 15.7 Å². The second-order valence-electron chi connectivity index (χ2n) is 6.14. The Hall–Kier alpha value is -3.12. The molecule has 0 aliphatic carbocycles. The molecule has 0 saturated carbocycles. The van der Waals surface area contributed by atoms with Crippen molar-refractivity contribution in [2.75, 3.05) is 17.2 Å². The Bertz CT molecular complexity index is 973. The summed E-state index contributed by atoms with van der Waals surface area (Å²) in [5.41, 5.74) is 2.94. The topological polar surface area (TPSA) is 67.4 Å². The van der Waals surface area contributed by atoms with Crippen LogP contribution in [0.15, 0.2) is 77.3 Å². The molecular formula is C22H19BrN2O3. The Morgan fingerprint density at radius 1 is 0.929 bits per heavy atom. The Labute approximate surface area is 171 Å². The predicted molar refractivity (Wildman–Crippen MR) is 114 cm³/mol. The number of carbonyl (C=O) groups is 2. The fourth-order valence-electron chi connectivity index (χ4n) is 2.53. The van der Waals surface area contributed by atoms with Crippen molar-refractivity contribution in [1.29, 1.82) is 0 Å². The van der Waals surface area contributed by atoms with Crippen molar-refractivity contribution in [2.24, 2.45) is 0 Å². The number of halogens is 1. The highest BCUT2D eigenvalue weighted by Crippen LogP contribution is 2.20. The molecular weight excluding hydrogens is 420 g/mol. The first-order chi connectivity index (χ1) is 13.5. The minimum Gasteiger partial charge on any atom is -0.484 e. The number of benzene rings is 3. The normalized spacial score (nSPS) is 10.2. The molecule has 28 heavy (non-hydrogen) atoms. The van der Waals surface area contributed by atoms with Crippen LogP contribution in [-0.4, -0.2) is 18.4 Å². The van der Waals surface area contributed by atoms with Crippen molar-refractivity contribution >= 4 is 39.1 Å². The molecule has 0 atom stereocenters. The predicted octanol–water partition coefficient (Wildman–Crippen LogP) is 5.03. The van der Waals surface area contributed by atoms with E-state index in [9.17, 15) is 9.59 Å². The maximum absolute atomic E-state index is 12.1. The Morgan fingerprint density at radius 2 is 1.64 bits per heavy atom. The Kier molecular flexibility index (Phi) is 6.45. The zero-order valence-corrected chi connectivity index (χ0v) is 16.8. The van der Waals surface area contributed by atoms with Crippen LogP contribution in [0.2, 0.25) is 0 Å². The van der Waals surface area contributed by atoms with E-state index in [4.69, 9.17) is 4.74 Å². The lowest BCUT2D eigenvalue weighted by molar-refractivity contribution is -0.118. The molecule has 0 saturated heterocycles. The van der Waals surface area contributed by atoms with E-state index < -0.39 is 0 Å². The number of amides is 2. The number of ether oxygens (including phenoxy) is 1. The number of rotatable bonds is 6. The Balaban J connectivity index is 1.51. The van der Waals surface area contributed by atoms with Gasteiger partial charge in [0.25, 0.3) is 11.8 Å². The molecule has 0 aliphatic heterocycles. The van der Waals surface area contributed by atoms with Crippen LogP contribution < -0.4 is 15.4 Å². The molecule has 0 unspecified atom stereocenters. The SMILES string of the molecule is Cc1cc(Br)ccc1NC(=O)COc1ccc(NC(=O)c2ccccc2)cc1. The van der Waals surface area contributed by atoms with E-state index in [1.54, 1.807) is 36.4 Å². The summed E-state index contributed by atoms with van der Waals surface area (Å²) in [4.78, 5) is 24.2. The van der Waals surface area contributed by atoms with Crippen molar-refractivity contribution in [3.8, 4) is 5.75 Å². The Morgan fingerprint density at radius 3 is 2.32 bits per heavy atom. The highest BCUT2D eigenvalue weighted by Gasteiger charge is 2.08. The number of nitrogens with one attached hydrogen (secondary N) is 2. The van der Waals surface area contributed by atoms with Crippen molar-refractivity contribution in [3.63, 3.8) is 0 Å². The summed E-state index contributed by atoms with van der Waals surface area (Å²) in [5, 5.41) is 5.64. The third-order valence-electron chi connectivity index (χ3n) is 3.98. The van der Waals surface area contributed by atoms with Crippen LogP contribution in [0.3, 0.4) is 0 Å². The molecule has 6 heteroatoms. The second-order valence-corrected chi connectivity index (χ2v) is 7.06.